The first-order valence-corrected chi connectivity index (χ1v) is 5.34. The highest BCUT2D eigenvalue weighted by atomic mass is 16.4. The minimum Gasteiger partial charge on any atom is -0.508 e. The van der Waals surface area contributed by atoms with Gasteiger partial charge >= 0.3 is 5.97 Å². The second-order valence-electron chi connectivity index (χ2n) is 4.01. The molecule has 0 aromatic heterocycles. The summed E-state index contributed by atoms with van der Waals surface area (Å²) in [4.78, 5) is 22.5. The lowest BCUT2D eigenvalue weighted by molar-refractivity contribution is -0.133. The molecule has 3 N–H and O–H groups in total. The van der Waals surface area contributed by atoms with E-state index in [1.165, 1.54) is 26.0 Å². The van der Waals surface area contributed by atoms with Crippen LogP contribution in [0.3, 0.4) is 0 Å². The number of carbonyl (C=O) groups is 2. The van der Waals surface area contributed by atoms with E-state index in [4.69, 9.17) is 5.11 Å². The van der Waals surface area contributed by atoms with Crippen molar-refractivity contribution in [3.05, 3.63) is 34.9 Å². The second-order valence-corrected chi connectivity index (χ2v) is 4.01. The zero-order valence-corrected chi connectivity index (χ0v) is 10.4. The molecular formula is C13H15NO4. The maximum absolute atomic E-state index is 11.8. The fourth-order valence-corrected chi connectivity index (χ4v) is 1.33. The standard InChI is InChI=1S/C13H15NO4/c1-7-6-10(15)4-5-11(7)14-12(16)8(2)9(3)13(17)18/h4-6,15H,1-3H3,(H,14,16)(H,17,18)/b9-8-. The van der Waals surface area contributed by atoms with Gasteiger partial charge in [-0.25, -0.2) is 4.79 Å². The van der Waals surface area contributed by atoms with Crippen LogP contribution in [0.5, 0.6) is 5.75 Å². The highest BCUT2D eigenvalue weighted by molar-refractivity contribution is 6.08. The number of hydrogen-bond acceptors (Lipinski definition) is 3. The fourth-order valence-electron chi connectivity index (χ4n) is 1.33. The number of carboxylic acids is 1. The SMILES string of the molecule is C/C(C(=O)O)=C(\C)C(=O)Nc1ccc(O)cc1C. The summed E-state index contributed by atoms with van der Waals surface area (Å²) in [5.74, 6) is -1.48. The highest BCUT2D eigenvalue weighted by Gasteiger charge is 2.13. The van der Waals surface area contributed by atoms with Crippen LogP contribution in [0.25, 0.3) is 0 Å². The molecule has 0 atom stereocenters. The van der Waals surface area contributed by atoms with Gasteiger partial charge in [0.1, 0.15) is 5.75 Å². The molecule has 5 nitrogen and oxygen atoms in total. The summed E-state index contributed by atoms with van der Waals surface area (Å²) in [6.07, 6.45) is 0. The van der Waals surface area contributed by atoms with Gasteiger partial charge in [-0.1, -0.05) is 0 Å². The van der Waals surface area contributed by atoms with Crippen molar-refractivity contribution in [2.24, 2.45) is 0 Å². The predicted molar refractivity (Wildman–Crippen MR) is 67.5 cm³/mol. The van der Waals surface area contributed by atoms with Gasteiger partial charge in [-0.3, -0.25) is 4.79 Å². The number of aliphatic carboxylic acids is 1. The van der Waals surface area contributed by atoms with Crippen molar-refractivity contribution < 1.29 is 19.8 Å². The minimum absolute atomic E-state index is 0.00364. The molecule has 0 fully saturated rings. The van der Waals surface area contributed by atoms with Crippen molar-refractivity contribution in [2.75, 3.05) is 5.32 Å². The van der Waals surface area contributed by atoms with Gasteiger partial charge in [0.2, 0.25) is 0 Å². The van der Waals surface area contributed by atoms with Gasteiger partial charge in [0.25, 0.3) is 5.91 Å². The number of rotatable bonds is 3. The number of carboxylic acid groups (broad SMARTS) is 1. The lowest BCUT2D eigenvalue weighted by atomic mass is 10.1. The minimum atomic E-state index is -1.12. The predicted octanol–water partition coefficient (Wildman–Crippen LogP) is 2.06. The van der Waals surface area contributed by atoms with Crippen molar-refractivity contribution >= 4 is 17.6 Å². The van der Waals surface area contributed by atoms with Crippen molar-refractivity contribution in [3.8, 4) is 5.75 Å². The van der Waals surface area contributed by atoms with E-state index in [-0.39, 0.29) is 16.9 Å². The molecule has 5 heteroatoms. The number of aryl methyl sites for hydroxylation is 1. The number of anilines is 1. The number of amides is 1. The maximum Gasteiger partial charge on any atom is 0.331 e. The summed E-state index contributed by atoms with van der Waals surface area (Å²) >= 11 is 0. The molecule has 0 spiro atoms. The van der Waals surface area contributed by atoms with Crippen LogP contribution in [0.15, 0.2) is 29.3 Å². The fraction of sp³-hybridized carbons (Fsp3) is 0.231. The van der Waals surface area contributed by atoms with Crippen molar-refractivity contribution in [1.82, 2.24) is 0 Å². The van der Waals surface area contributed by atoms with Crippen LogP contribution >= 0.6 is 0 Å². The Balaban J connectivity index is 2.95. The van der Waals surface area contributed by atoms with Gasteiger partial charge in [-0.2, -0.15) is 0 Å². The molecule has 1 rings (SSSR count). The Kier molecular flexibility index (Phi) is 4.09. The summed E-state index contributed by atoms with van der Waals surface area (Å²) < 4.78 is 0. The van der Waals surface area contributed by atoms with Crippen LogP contribution < -0.4 is 5.32 Å². The topological polar surface area (TPSA) is 86.6 Å². The van der Waals surface area contributed by atoms with E-state index >= 15 is 0 Å². The van der Waals surface area contributed by atoms with Crippen LogP contribution in [-0.2, 0) is 9.59 Å². The lowest BCUT2D eigenvalue weighted by Crippen LogP contribution is -2.16. The van der Waals surface area contributed by atoms with E-state index in [1.807, 2.05) is 0 Å². The van der Waals surface area contributed by atoms with Crippen molar-refractivity contribution in [2.45, 2.75) is 20.8 Å². The van der Waals surface area contributed by atoms with E-state index in [9.17, 15) is 14.7 Å². The number of benzene rings is 1. The zero-order chi connectivity index (χ0) is 13.9. The van der Waals surface area contributed by atoms with Crippen LogP contribution in [0.4, 0.5) is 5.69 Å². The molecule has 0 aliphatic carbocycles. The van der Waals surface area contributed by atoms with Gasteiger partial charge in [0.15, 0.2) is 0 Å². The number of carbonyl (C=O) groups excluding carboxylic acids is 1. The first-order valence-electron chi connectivity index (χ1n) is 5.34. The first-order chi connectivity index (χ1) is 8.32. The zero-order valence-electron chi connectivity index (χ0n) is 10.4. The maximum atomic E-state index is 11.8. The Labute approximate surface area is 105 Å². The number of hydrogen-bond donors (Lipinski definition) is 3. The average Bonchev–Trinajstić information content (AvgIpc) is 2.30. The smallest absolute Gasteiger partial charge is 0.331 e. The van der Waals surface area contributed by atoms with Crippen molar-refractivity contribution in [3.63, 3.8) is 0 Å². The molecule has 0 aliphatic rings. The van der Waals surface area contributed by atoms with Gasteiger partial charge in [0, 0.05) is 16.8 Å². The quantitative estimate of drug-likeness (QED) is 0.565. The third-order valence-electron chi connectivity index (χ3n) is 2.68. The third-order valence-corrected chi connectivity index (χ3v) is 2.68. The van der Waals surface area contributed by atoms with E-state index in [1.54, 1.807) is 13.0 Å². The van der Waals surface area contributed by atoms with E-state index in [2.05, 4.69) is 5.32 Å². The number of phenolic OH excluding ortho intramolecular Hbond substituents is 1. The van der Waals surface area contributed by atoms with Crippen molar-refractivity contribution in [1.29, 1.82) is 0 Å². The van der Waals surface area contributed by atoms with Crippen LogP contribution in [-0.4, -0.2) is 22.1 Å². The molecular weight excluding hydrogens is 234 g/mol. The number of aromatic hydroxyl groups is 1. The summed E-state index contributed by atoms with van der Waals surface area (Å²) in [6, 6.07) is 4.52. The second kappa shape index (κ2) is 5.35. The summed E-state index contributed by atoms with van der Waals surface area (Å²) in [6.45, 7) is 4.56. The van der Waals surface area contributed by atoms with Gasteiger partial charge < -0.3 is 15.5 Å². The molecule has 0 saturated carbocycles. The number of nitrogens with one attached hydrogen (secondary N) is 1. The van der Waals surface area contributed by atoms with Gasteiger partial charge in [-0.15, -0.1) is 0 Å². The van der Waals surface area contributed by atoms with Crippen LogP contribution in [0.2, 0.25) is 0 Å². The van der Waals surface area contributed by atoms with E-state index in [0.717, 1.165) is 0 Å². The summed E-state index contributed by atoms with van der Waals surface area (Å²) in [7, 11) is 0. The molecule has 0 radical (unpaired) electrons. The van der Waals surface area contributed by atoms with Crippen LogP contribution in [0, 0.1) is 6.92 Å². The summed E-state index contributed by atoms with van der Waals surface area (Å²) in [5.41, 5.74) is 1.39. The largest absolute Gasteiger partial charge is 0.508 e. The molecule has 0 heterocycles. The molecule has 0 unspecified atom stereocenters. The molecule has 0 bridgehead atoms. The molecule has 1 aromatic carbocycles. The Morgan fingerprint density at radius 2 is 1.78 bits per heavy atom. The molecule has 18 heavy (non-hydrogen) atoms. The van der Waals surface area contributed by atoms with Gasteiger partial charge in [0.05, 0.1) is 0 Å². The highest BCUT2D eigenvalue weighted by Crippen LogP contribution is 2.20. The van der Waals surface area contributed by atoms with Gasteiger partial charge in [-0.05, 0) is 44.5 Å². The average molecular weight is 249 g/mol. The molecule has 1 amide bonds. The molecule has 0 aliphatic heterocycles. The summed E-state index contributed by atoms with van der Waals surface area (Å²) in [5, 5.41) is 20.6. The Morgan fingerprint density at radius 3 is 2.28 bits per heavy atom. The molecule has 96 valence electrons. The molecule has 1 aromatic rings. The van der Waals surface area contributed by atoms with E-state index < -0.39 is 11.9 Å². The normalized spacial score (nSPS) is 11.7. The van der Waals surface area contributed by atoms with Crippen LogP contribution in [0.1, 0.15) is 19.4 Å². The molecule has 0 saturated heterocycles. The number of phenols is 1. The Hall–Kier alpha value is -2.30. The first kappa shape index (κ1) is 13.8. The Morgan fingerprint density at radius 1 is 1.17 bits per heavy atom. The Bertz CT molecular complexity index is 532. The monoisotopic (exact) mass is 249 g/mol. The lowest BCUT2D eigenvalue weighted by Gasteiger charge is -2.09. The van der Waals surface area contributed by atoms with E-state index in [0.29, 0.717) is 11.3 Å². The third kappa shape index (κ3) is 3.10.